The van der Waals surface area contributed by atoms with E-state index in [0.717, 1.165) is 27.8 Å². The van der Waals surface area contributed by atoms with Gasteiger partial charge in [-0.05, 0) is 53.8 Å². The smallest absolute Gasteiger partial charge is 0.338 e. The summed E-state index contributed by atoms with van der Waals surface area (Å²) in [4.78, 5) is 33.5. The van der Waals surface area contributed by atoms with E-state index in [0.29, 0.717) is 42.3 Å². The van der Waals surface area contributed by atoms with E-state index in [9.17, 15) is 9.59 Å². The molecule has 5 aromatic rings. The first kappa shape index (κ1) is 32.5. The van der Waals surface area contributed by atoms with Crippen molar-refractivity contribution in [1.82, 2.24) is 4.57 Å². The number of fused-ring (bicyclic) bond motifs is 1. The largest absolute Gasteiger partial charge is 0.488 e. The molecule has 4 aromatic carbocycles. The molecular formula is C38H32Cl2N2O4S. The van der Waals surface area contributed by atoms with Crippen molar-refractivity contribution in [3.05, 3.63) is 160 Å². The molecule has 0 amide bonds. The number of hydrogen-bond donors (Lipinski definition) is 0. The van der Waals surface area contributed by atoms with E-state index < -0.39 is 12.0 Å². The predicted octanol–water partition coefficient (Wildman–Crippen LogP) is 7.94. The number of nitrogens with zero attached hydrogens (tertiary/aromatic N) is 2. The maximum absolute atomic E-state index is 14.3. The number of rotatable bonds is 9. The van der Waals surface area contributed by atoms with Crippen molar-refractivity contribution < 1.29 is 14.3 Å². The number of halogens is 2. The second-order valence-electron chi connectivity index (χ2n) is 11.3. The Kier molecular flexibility index (Phi) is 9.78. The summed E-state index contributed by atoms with van der Waals surface area (Å²) in [6.45, 7) is 6.47. The highest BCUT2D eigenvalue weighted by Crippen LogP contribution is 2.35. The van der Waals surface area contributed by atoms with Gasteiger partial charge in [0, 0.05) is 11.1 Å². The predicted molar refractivity (Wildman–Crippen MR) is 189 cm³/mol. The molecule has 0 bridgehead atoms. The van der Waals surface area contributed by atoms with Crippen molar-refractivity contribution in [3.8, 4) is 5.75 Å². The van der Waals surface area contributed by atoms with Crippen LogP contribution in [0, 0.1) is 0 Å². The highest BCUT2D eigenvalue weighted by molar-refractivity contribution is 7.07. The Morgan fingerprint density at radius 3 is 2.38 bits per heavy atom. The van der Waals surface area contributed by atoms with Crippen LogP contribution >= 0.6 is 34.5 Å². The number of thiazole rings is 1. The second kappa shape index (κ2) is 14.1. The average molecular weight is 684 g/mol. The molecule has 1 aromatic heterocycles. The molecule has 238 valence electrons. The molecule has 0 aliphatic carbocycles. The lowest BCUT2D eigenvalue weighted by molar-refractivity contribution is -0.138. The number of aromatic nitrogens is 1. The van der Waals surface area contributed by atoms with Crippen LogP contribution in [-0.2, 0) is 16.1 Å². The van der Waals surface area contributed by atoms with Crippen LogP contribution in [-0.4, -0.2) is 17.1 Å². The van der Waals surface area contributed by atoms with Crippen LogP contribution in [0.25, 0.3) is 11.8 Å². The van der Waals surface area contributed by atoms with Crippen LogP contribution in [0.4, 0.5) is 0 Å². The Balaban J connectivity index is 1.51. The van der Waals surface area contributed by atoms with Crippen LogP contribution in [0.2, 0.25) is 10.0 Å². The Bertz CT molecular complexity index is 2150. The van der Waals surface area contributed by atoms with Crippen molar-refractivity contribution in [2.75, 3.05) is 6.61 Å². The zero-order valence-electron chi connectivity index (χ0n) is 26.1. The summed E-state index contributed by atoms with van der Waals surface area (Å²) >= 11 is 13.6. The molecule has 0 radical (unpaired) electrons. The van der Waals surface area contributed by atoms with Gasteiger partial charge in [-0.2, -0.15) is 0 Å². The Morgan fingerprint density at radius 2 is 1.68 bits per heavy atom. The van der Waals surface area contributed by atoms with Gasteiger partial charge in [0.1, 0.15) is 12.4 Å². The summed E-state index contributed by atoms with van der Waals surface area (Å²) in [6.07, 6.45) is 1.81. The molecule has 0 N–H and O–H groups in total. The maximum Gasteiger partial charge on any atom is 0.338 e. The van der Waals surface area contributed by atoms with Gasteiger partial charge in [-0.3, -0.25) is 9.36 Å². The normalized spacial score (nSPS) is 14.6. The number of benzene rings is 4. The number of para-hydroxylation sites is 1. The van der Waals surface area contributed by atoms with Gasteiger partial charge in [-0.15, -0.1) is 0 Å². The van der Waals surface area contributed by atoms with Crippen LogP contribution < -0.4 is 19.6 Å². The highest BCUT2D eigenvalue weighted by atomic mass is 35.5. The standard InChI is InChI=1S/C38H32Cl2N2O4S/c1-4-45-37(44)33-34(26-10-6-5-7-11-26)41-38-42(35(33)27-17-15-25(16-18-27)23(2)3)36(43)32(47-38)21-28-12-8-9-13-31(28)46-22-24-14-19-29(39)30(40)20-24/h5-21,23,35H,4,22H2,1-3H3/b32-21-/t35-/m0/s1. The van der Waals surface area contributed by atoms with Crippen molar-refractivity contribution >= 4 is 52.3 Å². The van der Waals surface area contributed by atoms with E-state index >= 15 is 0 Å². The molecule has 1 atom stereocenters. The molecule has 0 saturated heterocycles. The first-order valence-electron chi connectivity index (χ1n) is 15.3. The molecule has 1 aliphatic rings. The molecular weight excluding hydrogens is 651 g/mol. The van der Waals surface area contributed by atoms with Crippen molar-refractivity contribution in [1.29, 1.82) is 0 Å². The van der Waals surface area contributed by atoms with Gasteiger partial charge >= 0.3 is 5.97 Å². The molecule has 9 heteroatoms. The number of carbonyl (C=O) groups excluding carboxylic acids is 1. The molecule has 0 unspecified atom stereocenters. The van der Waals surface area contributed by atoms with Gasteiger partial charge in [0.25, 0.3) is 5.56 Å². The van der Waals surface area contributed by atoms with Crippen LogP contribution in [0.15, 0.2) is 112 Å². The molecule has 6 rings (SSSR count). The molecule has 1 aliphatic heterocycles. The zero-order chi connectivity index (χ0) is 33.1. The third-order valence-corrected chi connectivity index (χ3v) is 9.60. The van der Waals surface area contributed by atoms with Crippen LogP contribution in [0.5, 0.6) is 5.75 Å². The molecule has 0 spiro atoms. The van der Waals surface area contributed by atoms with E-state index in [1.807, 2.05) is 91.0 Å². The van der Waals surface area contributed by atoms with Crippen LogP contribution in [0.3, 0.4) is 0 Å². The van der Waals surface area contributed by atoms with Gasteiger partial charge in [-0.25, -0.2) is 9.79 Å². The fourth-order valence-electron chi connectivity index (χ4n) is 5.48. The Labute approximate surface area is 286 Å². The summed E-state index contributed by atoms with van der Waals surface area (Å²) in [5.74, 6) is 0.413. The van der Waals surface area contributed by atoms with E-state index in [-0.39, 0.29) is 18.8 Å². The lowest BCUT2D eigenvalue weighted by Crippen LogP contribution is -2.40. The van der Waals surface area contributed by atoms with Gasteiger partial charge in [0.15, 0.2) is 4.80 Å². The quantitative estimate of drug-likeness (QED) is 0.148. The monoisotopic (exact) mass is 682 g/mol. The van der Waals surface area contributed by atoms with Gasteiger partial charge in [-0.1, -0.05) is 127 Å². The van der Waals surface area contributed by atoms with E-state index in [2.05, 4.69) is 13.8 Å². The van der Waals surface area contributed by atoms with E-state index in [4.69, 9.17) is 37.7 Å². The lowest BCUT2D eigenvalue weighted by atomic mass is 9.91. The van der Waals surface area contributed by atoms with Crippen LogP contribution in [0.1, 0.15) is 60.5 Å². The van der Waals surface area contributed by atoms with Crippen molar-refractivity contribution in [2.45, 2.75) is 39.3 Å². The third-order valence-electron chi connectivity index (χ3n) is 7.88. The van der Waals surface area contributed by atoms with Gasteiger partial charge < -0.3 is 9.47 Å². The molecule has 47 heavy (non-hydrogen) atoms. The fraction of sp³-hybridized carbons (Fsp3) is 0.184. The SMILES string of the molecule is CCOC(=O)C1=C(c2ccccc2)N=c2s/c(=C\c3ccccc3OCc3ccc(Cl)c(Cl)c3)c(=O)n2[C@H]1c1ccc(C(C)C)cc1. The number of hydrogen-bond acceptors (Lipinski definition) is 6. The lowest BCUT2D eigenvalue weighted by Gasteiger charge is -2.26. The topological polar surface area (TPSA) is 69.9 Å². The van der Waals surface area contributed by atoms with Gasteiger partial charge in [0.2, 0.25) is 0 Å². The van der Waals surface area contributed by atoms with E-state index in [1.54, 1.807) is 23.6 Å². The number of carbonyl (C=O) groups is 1. The Hall–Kier alpha value is -4.43. The number of esters is 1. The summed E-state index contributed by atoms with van der Waals surface area (Å²) in [5.41, 5.74) is 4.83. The first-order valence-corrected chi connectivity index (χ1v) is 16.9. The molecule has 6 nitrogen and oxygen atoms in total. The van der Waals surface area contributed by atoms with Gasteiger partial charge in [0.05, 0.1) is 38.5 Å². The summed E-state index contributed by atoms with van der Waals surface area (Å²) < 4.78 is 13.8. The zero-order valence-corrected chi connectivity index (χ0v) is 28.4. The van der Waals surface area contributed by atoms with E-state index in [1.165, 1.54) is 11.3 Å². The average Bonchev–Trinajstić information content (AvgIpc) is 3.39. The molecule has 0 fully saturated rings. The minimum atomic E-state index is -0.745. The summed E-state index contributed by atoms with van der Waals surface area (Å²) in [5, 5.41) is 0.925. The minimum Gasteiger partial charge on any atom is -0.488 e. The summed E-state index contributed by atoms with van der Waals surface area (Å²) in [6, 6.07) is 29.7. The second-order valence-corrected chi connectivity index (χ2v) is 13.2. The maximum atomic E-state index is 14.3. The fourth-order valence-corrected chi connectivity index (χ4v) is 6.79. The minimum absolute atomic E-state index is 0.187. The summed E-state index contributed by atoms with van der Waals surface area (Å²) in [7, 11) is 0. The molecule has 2 heterocycles. The van der Waals surface area contributed by atoms with Crippen molar-refractivity contribution in [2.24, 2.45) is 4.99 Å². The number of ether oxygens (including phenoxy) is 2. The highest BCUT2D eigenvalue weighted by Gasteiger charge is 2.35. The Morgan fingerprint density at radius 1 is 0.957 bits per heavy atom. The van der Waals surface area contributed by atoms with Crippen molar-refractivity contribution in [3.63, 3.8) is 0 Å². The molecule has 0 saturated carbocycles. The first-order chi connectivity index (χ1) is 22.7. The third kappa shape index (κ3) is 6.84.